The van der Waals surface area contributed by atoms with Gasteiger partial charge in [-0.3, -0.25) is 23.9 Å². The van der Waals surface area contributed by atoms with Crippen LogP contribution in [-0.2, 0) is 31.6 Å². The van der Waals surface area contributed by atoms with E-state index in [-0.39, 0.29) is 17.6 Å². The summed E-state index contributed by atoms with van der Waals surface area (Å²) < 4.78 is 52.3. The Morgan fingerprint density at radius 2 is 1.80 bits per heavy atom. The molecule has 0 amide bonds. The highest BCUT2D eigenvalue weighted by Gasteiger charge is 2.41. The van der Waals surface area contributed by atoms with E-state index in [4.69, 9.17) is 19.4 Å². The Bertz CT molecular complexity index is 1200. The molecule has 6 N–H and O–H groups in total. The maximum atomic E-state index is 11.7. The fourth-order valence-corrected chi connectivity index (χ4v) is 5.71. The number of fused-ring (bicyclic) bond motifs is 1. The summed E-state index contributed by atoms with van der Waals surface area (Å²) in [7, 11) is -16.3. The summed E-state index contributed by atoms with van der Waals surface area (Å²) in [6, 6.07) is 0. The molecule has 2 aromatic rings. The van der Waals surface area contributed by atoms with E-state index < -0.39 is 53.7 Å². The normalized spacial score (nSPS) is 24.0. The number of phosphoric ester groups is 1. The van der Waals surface area contributed by atoms with Gasteiger partial charge in [-0.05, 0) is 12.8 Å². The Morgan fingerprint density at radius 3 is 2.47 bits per heavy atom. The molecule has 0 aromatic carbocycles. The molecule has 1 aliphatic heterocycles. The van der Waals surface area contributed by atoms with Crippen LogP contribution in [0.4, 0.5) is 0 Å². The minimum absolute atomic E-state index is 0.0325. The van der Waals surface area contributed by atoms with Gasteiger partial charge in [-0.2, -0.15) is 8.62 Å². The van der Waals surface area contributed by atoms with Crippen molar-refractivity contribution in [2.24, 2.45) is 0 Å². The number of rotatable bonds is 8. The standard InChI is InChI=1S/C10H15N4O13P3/c15-9-7-8(12-10(16)13-9)14(4-11-7)6-2-1-5(25-6)3-24-29(20,21)27-30(22,23)26-28(17,18)19/h4-6H,1-3H2,(H,20,21)(H,22,23)(H2,17,18,19)(H2,12,13,15,16)/t5-,6+/m0/s1. The van der Waals surface area contributed by atoms with Crippen molar-refractivity contribution in [1.82, 2.24) is 19.5 Å². The predicted molar refractivity (Wildman–Crippen MR) is 93.9 cm³/mol. The average molecular weight is 492 g/mol. The van der Waals surface area contributed by atoms with Gasteiger partial charge in [0.1, 0.15) is 11.9 Å². The Balaban J connectivity index is 1.62. The van der Waals surface area contributed by atoms with E-state index in [1.165, 1.54) is 10.9 Å². The van der Waals surface area contributed by atoms with E-state index in [0.717, 1.165) is 0 Å². The summed E-state index contributed by atoms with van der Waals surface area (Å²) in [6.07, 6.45) is 0.316. The van der Waals surface area contributed by atoms with Crippen molar-refractivity contribution in [1.29, 1.82) is 0 Å². The smallest absolute Gasteiger partial charge is 0.352 e. The van der Waals surface area contributed by atoms with Gasteiger partial charge in [0.15, 0.2) is 5.52 Å². The highest BCUT2D eigenvalue weighted by atomic mass is 31.3. The summed E-state index contributed by atoms with van der Waals surface area (Å²) in [5, 5.41) is 0. The molecule has 0 radical (unpaired) electrons. The molecule has 1 saturated heterocycles. The van der Waals surface area contributed by atoms with Crippen molar-refractivity contribution in [3.8, 4) is 0 Å². The molecule has 0 bridgehead atoms. The molecule has 3 heterocycles. The summed E-state index contributed by atoms with van der Waals surface area (Å²) >= 11 is 0. The van der Waals surface area contributed by atoms with Crippen LogP contribution in [0, 0.1) is 0 Å². The van der Waals surface area contributed by atoms with E-state index in [9.17, 15) is 28.2 Å². The Labute approximate surface area is 165 Å². The molecule has 1 fully saturated rings. The van der Waals surface area contributed by atoms with Gasteiger partial charge in [-0.15, -0.1) is 0 Å². The summed E-state index contributed by atoms with van der Waals surface area (Å²) in [6.45, 7) is -0.607. The molecule has 0 saturated carbocycles. The molecule has 17 nitrogen and oxygen atoms in total. The lowest BCUT2D eigenvalue weighted by Gasteiger charge is -2.18. The molecule has 2 unspecified atom stereocenters. The number of aromatic nitrogens is 4. The summed E-state index contributed by atoms with van der Waals surface area (Å²) in [4.78, 5) is 67.0. The number of aromatic amines is 2. The lowest BCUT2D eigenvalue weighted by Crippen LogP contribution is -2.23. The number of nitrogens with zero attached hydrogens (tertiary/aromatic N) is 2. The van der Waals surface area contributed by atoms with Crippen LogP contribution in [0.25, 0.3) is 11.2 Å². The fraction of sp³-hybridized carbons (Fsp3) is 0.500. The van der Waals surface area contributed by atoms with E-state index in [1.807, 2.05) is 4.98 Å². The van der Waals surface area contributed by atoms with Gasteiger partial charge in [-0.1, -0.05) is 0 Å². The van der Waals surface area contributed by atoms with Crippen LogP contribution in [0.3, 0.4) is 0 Å². The Hall–Kier alpha value is -1.48. The topological polar surface area (TPSA) is 253 Å². The van der Waals surface area contributed by atoms with Crippen LogP contribution in [-0.4, -0.2) is 51.8 Å². The maximum absolute atomic E-state index is 11.7. The number of hydrogen-bond donors (Lipinski definition) is 6. The summed E-state index contributed by atoms with van der Waals surface area (Å²) in [5.74, 6) is 0. The third kappa shape index (κ3) is 5.81. The first kappa shape index (κ1) is 23.2. The largest absolute Gasteiger partial charge is 0.490 e. The summed E-state index contributed by atoms with van der Waals surface area (Å²) in [5.41, 5.74) is -1.39. The number of phosphoric acid groups is 3. The Kier molecular flexibility index (Phi) is 6.35. The highest BCUT2D eigenvalue weighted by Crippen LogP contribution is 2.66. The number of ether oxygens (including phenoxy) is 1. The minimum Gasteiger partial charge on any atom is -0.352 e. The molecule has 2 aromatic heterocycles. The molecule has 30 heavy (non-hydrogen) atoms. The van der Waals surface area contributed by atoms with Crippen molar-refractivity contribution < 1.29 is 51.2 Å². The average Bonchev–Trinajstić information content (AvgIpc) is 3.15. The van der Waals surface area contributed by atoms with E-state index in [0.29, 0.717) is 6.42 Å². The molecule has 1 aliphatic rings. The van der Waals surface area contributed by atoms with Crippen LogP contribution in [0.15, 0.2) is 15.9 Å². The fourth-order valence-electron chi connectivity index (χ4n) is 2.67. The molecular formula is C10H15N4O13P3. The first-order valence-corrected chi connectivity index (χ1v) is 12.4. The van der Waals surface area contributed by atoms with Crippen LogP contribution < -0.4 is 11.2 Å². The molecule has 4 atom stereocenters. The van der Waals surface area contributed by atoms with Crippen LogP contribution in [0.5, 0.6) is 0 Å². The predicted octanol–water partition coefficient (Wildman–Crippen LogP) is -0.566. The van der Waals surface area contributed by atoms with Crippen molar-refractivity contribution in [2.75, 3.05) is 6.61 Å². The van der Waals surface area contributed by atoms with E-state index in [1.54, 1.807) is 0 Å². The van der Waals surface area contributed by atoms with Crippen molar-refractivity contribution in [2.45, 2.75) is 25.2 Å². The molecule has 3 rings (SSSR count). The van der Waals surface area contributed by atoms with Gasteiger partial charge in [0.25, 0.3) is 5.56 Å². The van der Waals surface area contributed by atoms with Crippen LogP contribution >= 0.6 is 23.5 Å². The van der Waals surface area contributed by atoms with Crippen molar-refractivity contribution in [3.63, 3.8) is 0 Å². The lowest BCUT2D eigenvalue weighted by atomic mass is 10.2. The minimum atomic E-state index is -5.61. The van der Waals surface area contributed by atoms with Crippen molar-refractivity contribution >= 4 is 34.6 Å². The van der Waals surface area contributed by atoms with Gasteiger partial charge in [0, 0.05) is 0 Å². The molecule has 168 valence electrons. The van der Waals surface area contributed by atoms with Crippen LogP contribution in [0.2, 0.25) is 0 Å². The molecule has 0 spiro atoms. The van der Waals surface area contributed by atoms with Gasteiger partial charge >= 0.3 is 29.2 Å². The van der Waals surface area contributed by atoms with Gasteiger partial charge in [0.2, 0.25) is 0 Å². The molecular weight excluding hydrogens is 477 g/mol. The third-order valence-corrected chi connectivity index (χ3v) is 7.51. The molecule has 20 heteroatoms. The highest BCUT2D eigenvalue weighted by molar-refractivity contribution is 7.66. The van der Waals surface area contributed by atoms with Gasteiger partial charge < -0.3 is 24.3 Å². The second-order valence-electron chi connectivity index (χ2n) is 5.93. The van der Waals surface area contributed by atoms with E-state index >= 15 is 0 Å². The number of nitrogens with one attached hydrogen (secondary N) is 2. The SMILES string of the molecule is O=c1[nH]c(=O)c2ncn([C@H]3CC[C@@H](COP(=O)(O)OP(=O)(O)OP(=O)(O)O)O3)c2[nH]1. The number of H-pyrrole nitrogens is 2. The number of imidazole rings is 1. The van der Waals surface area contributed by atoms with E-state index in [2.05, 4.69) is 23.1 Å². The lowest BCUT2D eigenvalue weighted by molar-refractivity contribution is -0.0205. The first-order chi connectivity index (χ1) is 13.7. The van der Waals surface area contributed by atoms with Gasteiger partial charge in [-0.25, -0.2) is 23.5 Å². The second kappa shape index (κ2) is 8.22. The van der Waals surface area contributed by atoms with Crippen LogP contribution in [0.1, 0.15) is 19.1 Å². The Morgan fingerprint density at radius 1 is 1.10 bits per heavy atom. The quantitative estimate of drug-likeness (QED) is 0.253. The van der Waals surface area contributed by atoms with Gasteiger partial charge in [0.05, 0.1) is 19.0 Å². The molecule has 0 aliphatic carbocycles. The maximum Gasteiger partial charge on any atom is 0.490 e. The zero-order valence-corrected chi connectivity index (χ0v) is 17.2. The zero-order chi connectivity index (χ0) is 22.3. The zero-order valence-electron chi connectivity index (χ0n) is 14.6. The monoisotopic (exact) mass is 492 g/mol. The van der Waals surface area contributed by atoms with Crippen molar-refractivity contribution in [3.05, 3.63) is 27.2 Å². The second-order valence-corrected chi connectivity index (χ2v) is 10.4. The first-order valence-electron chi connectivity index (χ1n) is 7.88. The third-order valence-electron chi connectivity index (χ3n) is 3.70. The number of hydrogen-bond acceptors (Lipinski definition) is 10.